The Hall–Kier alpha value is -0.650. The Kier molecular flexibility index (Phi) is 5.19. The van der Waals surface area contributed by atoms with Crippen molar-refractivity contribution in [3.63, 3.8) is 0 Å². The first kappa shape index (κ1) is 14.8. The molecule has 2 fully saturated rings. The summed E-state index contributed by atoms with van der Waals surface area (Å²) in [5.41, 5.74) is 5.49. The third-order valence-corrected chi connectivity index (χ3v) is 4.02. The molecule has 1 amide bonds. The first-order valence-corrected chi connectivity index (χ1v) is 7.47. The molecule has 0 unspecified atom stereocenters. The number of ether oxygens (including phenoxy) is 1. The van der Waals surface area contributed by atoms with E-state index in [0.717, 1.165) is 39.0 Å². The van der Waals surface area contributed by atoms with Crippen LogP contribution >= 0.6 is 0 Å². The summed E-state index contributed by atoms with van der Waals surface area (Å²) in [5, 5.41) is 0. The Morgan fingerprint density at radius 2 is 2.00 bits per heavy atom. The number of carbonyl (C=O) groups excluding carboxylic acids is 1. The van der Waals surface area contributed by atoms with Crippen molar-refractivity contribution >= 4 is 5.91 Å². The summed E-state index contributed by atoms with van der Waals surface area (Å²) in [7, 11) is 0. The lowest BCUT2D eigenvalue weighted by Gasteiger charge is -2.38. The second-order valence-corrected chi connectivity index (χ2v) is 5.90. The molecule has 2 saturated heterocycles. The van der Waals surface area contributed by atoms with E-state index in [4.69, 9.17) is 10.5 Å². The van der Waals surface area contributed by atoms with Crippen molar-refractivity contribution in [2.75, 3.05) is 32.7 Å². The van der Waals surface area contributed by atoms with Crippen molar-refractivity contribution in [3.8, 4) is 0 Å². The molecule has 5 heteroatoms. The standard InChI is InChI=1S/C14H27N3O2/c1-11-8-16(9-12(2)19-11)10-13-4-3-7-17(13)14(18)5-6-15/h11-13H,3-10,15H2,1-2H3/t11-,12+,13-/m1/s1. The molecule has 5 nitrogen and oxygen atoms in total. The number of hydrogen-bond acceptors (Lipinski definition) is 4. The average Bonchev–Trinajstić information content (AvgIpc) is 2.76. The molecular formula is C14H27N3O2. The van der Waals surface area contributed by atoms with Gasteiger partial charge in [-0.25, -0.2) is 0 Å². The van der Waals surface area contributed by atoms with Crippen LogP contribution in [-0.2, 0) is 9.53 Å². The summed E-state index contributed by atoms with van der Waals surface area (Å²) in [4.78, 5) is 16.5. The predicted molar refractivity (Wildman–Crippen MR) is 74.9 cm³/mol. The third kappa shape index (κ3) is 3.91. The normalized spacial score (nSPS) is 32.8. The van der Waals surface area contributed by atoms with Gasteiger partial charge in [0, 0.05) is 45.2 Å². The van der Waals surface area contributed by atoms with Crippen LogP contribution in [0.4, 0.5) is 0 Å². The maximum atomic E-state index is 12.0. The van der Waals surface area contributed by atoms with Crippen LogP contribution in [0.5, 0.6) is 0 Å². The Bertz CT molecular complexity index is 301. The zero-order valence-electron chi connectivity index (χ0n) is 12.2. The van der Waals surface area contributed by atoms with Crippen molar-refractivity contribution in [1.82, 2.24) is 9.80 Å². The van der Waals surface area contributed by atoms with E-state index in [1.165, 1.54) is 0 Å². The molecule has 2 aliphatic heterocycles. The van der Waals surface area contributed by atoms with Gasteiger partial charge in [0.25, 0.3) is 0 Å². The fourth-order valence-electron chi connectivity index (χ4n) is 3.35. The van der Waals surface area contributed by atoms with Gasteiger partial charge in [-0.05, 0) is 26.7 Å². The first-order valence-electron chi connectivity index (χ1n) is 7.47. The minimum Gasteiger partial charge on any atom is -0.373 e. The number of nitrogens with zero attached hydrogens (tertiary/aromatic N) is 2. The largest absolute Gasteiger partial charge is 0.373 e. The van der Waals surface area contributed by atoms with Crippen LogP contribution in [0.1, 0.15) is 33.1 Å². The number of hydrogen-bond donors (Lipinski definition) is 1. The zero-order valence-corrected chi connectivity index (χ0v) is 12.2. The number of morpholine rings is 1. The summed E-state index contributed by atoms with van der Waals surface area (Å²) >= 11 is 0. The van der Waals surface area contributed by atoms with E-state index < -0.39 is 0 Å². The van der Waals surface area contributed by atoms with Crippen molar-refractivity contribution in [2.24, 2.45) is 5.73 Å². The van der Waals surface area contributed by atoms with Crippen molar-refractivity contribution < 1.29 is 9.53 Å². The number of likely N-dealkylation sites (tertiary alicyclic amines) is 1. The maximum Gasteiger partial charge on any atom is 0.224 e. The van der Waals surface area contributed by atoms with Crippen molar-refractivity contribution in [1.29, 1.82) is 0 Å². The minimum atomic E-state index is 0.222. The fourth-order valence-corrected chi connectivity index (χ4v) is 3.35. The predicted octanol–water partition coefficient (Wildman–Crippen LogP) is 0.435. The van der Waals surface area contributed by atoms with E-state index in [1.54, 1.807) is 0 Å². The molecular weight excluding hydrogens is 242 g/mol. The lowest BCUT2D eigenvalue weighted by molar-refractivity contribution is -0.132. The summed E-state index contributed by atoms with van der Waals surface area (Å²) in [6.45, 7) is 8.52. The molecule has 19 heavy (non-hydrogen) atoms. The highest BCUT2D eigenvalue weighted by molar-refractivity contribution is 5.77. The van der Waals surface area contributed by atoms with Crippen LogP contribution in [0.25, 0.3) is 0 Å². The lowest BCUT2D eigenvalue weighted by Crippen LogP contribution is -2.51. The monoisotopic (exact) mass is 269 g/mol. The molecule has 2 aliphatic rings. The van der Waals surface area contributed by atoms with Crippen LogP contribution in [0.3, 0.4) is 0 Å². The van der Waals surface area contributed by atoms with Gasteiger partial charge in [-0.15, -0.1) is 0 Å². The van der Waals surface area contributed by atoms with Gasteiger partial charge < -0.3 is 15.4 Å². The van der Waals surface area contributed by atoms with E-state index in [-0.39, 0.29) is 5.91 Å². The molecule has 0 spiro atoms. The number of nitrogens with two attached hydrogens (primary N) is 1. The van der Waals surface area contributed by atoms with Gasteiger partial charge in [0.2, 0.25) is 5.91 Å². The van der Waals surface area contributed by atoms with Crippen LogP contribution in [0, 0.1) is 0 Å². The van der Waals surface area contributed by atoms with Crippen LogP contribution in [0.15, 0.2) is 0 Å². The highest BCUT2D eigenvalue weighted by Crippen LogP contribution is 2.21. The molecule has 0 aromatic heterocycles. The van der Waals surface area contributed by atoms with E-state index in [1.807, 2.05) is 4.90 Å². The van der Waals surface area contributed by atoms with Gasteiger partial charge in [-0.2, -0.15) is 0 Å². The Balaban J connectivity index is 1.88. The summed E-state index contributed by atoms with van der Waals surface area (Å²) in [6.07, 6.45) is 3.30. The van der Waals surface area contributed by atoms with Gasteiger partial charge in [0.1, 0.15) is 0 Å². The van der Waals surface area contributed by atoms with Crippen molar-refractivity contribution in [2.45, 2.75) is 51.4 Å². The van der Waals surface area contributed by atoms with Gasteiger partial charge in [-0.3, -0.25) is 9.69 Å². The van der Waals surface area contributed by atoms with E-state index in [2.05, 4.69) is 18.7 Å². The van der Waals surface area contributed by atoms with Crippen LogP contribution in [-0.4, -0.2) is 66.7 Å². The second kappa shape index (κ2) is 6.68. The molecule has 2 rings (SSSR count). The van der Waals surface area contributed by atoms with E-state index >= 15 is 0 Å². The minimum absolute atomic E-state index is 0.222. The smallest absolute Gasteiger partial charge is 0.224 e. The highest BCUT2D eigenvalue weighted by atomic mass is 16.5. The molecule has 110 valence electrons. The average molecular weight is 269 g/mol. The van der Waals surface area contributed by atoms with Gasteiger partial charge >= 0.3 is 0 Å². The summed E-state index contributed by atoms with van der Waals surface area (Å²) in [5.74, 6) is 0.222. The topological polar surface area (TPSA) is 58.8 Å². The van der Waals surface area contributed by atoms with Gasteiger partial charge in [0.15, 0.2) is 0 Å². The fraction of sp³-hybridized carbons (Fsp3) is 0.929. The second-order valence-electron chi connectivity index (χ2n) is 5.90. The van der Waals surface area contributed by atoms with Gasteiger partial charge in [0.05, 0.1) is 12.2 Å². The molecule has 0 saturated carbocycles. The van der Waals surface area contributed by atoms with Crippen molar-refractivity contribution in [3.05, 3.63) is 0 Å². The quantitative estimate of drug-likeness (QED) is 0.804. The first-order chi connectivity index (χ1) is 9.10. The van der Waals surface area contributed by atoms with Gasteiger partial charge in [-0.1, -0.05) is 0 Å². The molecule has 3 atom stereocenters. The molecule has 0 aliphatic carbocycles. The third-order valence-electron chi connectivity index (χ3n) is 4.02. The zero-order chi connectivity index (χ0) is 13.8. The van der Waals surface area contributed by atoms with Crippen LogP contribution in [0.2, 0.25) is 0 Å². The Morgan fingerprint density at radius 3 is 2.63 bits per heavy atom. The maximum absolute atomic E-state index is 12.0. The molecule has 0 bridgehead atoms. The molecule has 0 aromatic carbocycles. The number of carbonyl (C=O) groups is 1. The molecule has 2 heterocycles. The lowest BCUT2D eigenvalue weighted by atomic mass is 10.1. The Morgan fingerprint density at radius 1 is 1.32 bits per heavy atom. The Labute approximate surface area is 116 Å². The van der Waals surface area contributed by atoms with Crippen LogP contribution < -0.4 is 5.73 Å². The number of amides is 1. The highest BCUT2D eigenvalue weighted by Gasteiger charge is 2.31. The molecule has 0 radical (unpaired) electrons. The molecule has 0 aromatic rings. The SMILES string of the molecule is C[C@@H]1CN(C[C@H]2CCCN2C(=O)CCN)C[C@H](C)O1. The summed E-state index contributed by atoms with van der Waals surface area (Å²) in [6, 6.07) is 0.372. The molecule has 2 N–H and O–H groups in total. The van der Waals surface area contributed by atoms with E-state index in [0.29, 0.717) is 31.2 Å². The number of rotatable bonds is 4. The summed E-state index contributed by atoms with van der Waals surface area (Å²) < 4.78 is 5.75. The van der Waals surface area contributed by atoms with E-state index in [9.17, 15) is 4.79 Å².